The maximum Gasteiger partial charge on any atom is 0.238 e. The zero-order valence-electron chi connectivity index (χ0n) is 12.9. The van der Waals surface area contributed by atoms with Gasteiger partial charge in [0, 0.05) is 31.9 Å². The number of halogens is 2. The molecule has 0 bridgehead atoms. The van der Waals surface area contributed by atoms with E-state index in [0.29, 0.717) is 28.8 Å². The average molecular weight is 359 g/mol. The monoisotopic (exact) mass is 358 g/mol. The number of hydrogen-bond acceptors (Lipinski definition) is 4. The number of nitrogens with one attached hydrogen (secondary N) is 2. The molecule has 0 radical (unpaired) electrons. The van der Waals surface area contributed by atoms with Crippen LogP contribution in [0.1, 0.15) is 0 Å². The van der Waals surface area contributed by atoms with Crippen molar-refractivity contribution in [2.75, 3.05) is 51.6 Å². The third kappa shape index (κ3) is 5.66. The second-order valence-corrected chi connectivity index (χ2v) is 6.29. The summed E-state index contributed by atoms with van der Waals surface area (Å²) in [6, 6.07) is 4.89. The molecule has 0 aromatic heterocycles. The number of carbonyl (C=O) groups excluding carboxylic acids is 2. The zero-order chi connectivity index (χ0) is 16.8. The topological polar surface area (TPSA) is 64.7 Å². The van der Waals surface area contributed by atoms with Crippen LogP contribution >= 0.6 is 23.2 Å². The highest BCUT2D eigenvalue weighted by molar-refractivity contribution is 6.42. The van der Waals surface area contributed by atoms with Crippen LogP contribution in [0.3, 0.4) is 0 Å². The molecule has 2 N–H and O–H groups in total. The Morgan fingerprint density at radius 3 is 2.57 bits per heavy atom. The molecule has 1 fully saturated rings. The Balaban J connectivity index is 1.79. The maximum atomic E-state index is 12.1. The first-order valence-corrected chi connectivity index (χ1v) is 8.13. The summed E-state index contributed by atoms with van der Waals surface area (Å²) in [6.07, 6.45) is 0. The first kappa shape index (κ1) is 18.0. The molecule has 1 aromatic carbocycles. The van der Waals surface area contributed by atoms with Crippen molar-refractivity contribution < 1.29 is 9.59 Å². The van der Waals surface area contributed by atoms with Gasteiger partial charge in [-0.1, -0.05) is 23.2 Å². The Morgan fingerprint density at radius 1 is 1.22 bits per heavy atom. The van der Waals surface area contributed by atoms with Crippen molar-refractivity contribution in [3.8, 4) is 0 Å². The van der Waals surface area contributed by atoms with Gasteiger partial charge in [0.2, 0.25) is 11.8 Å². The normalized spacial score (nSPS) is 14.9. The molecule has 0 spiro atoms. The number of rotatable bonds is 5. The highest BCUT2D eigenvalue weighted by Gasteiger charge is 2.18. The lowest BCUT2D eigenvalue weighted by molar-refractivity contribution is -0.133. The molecule has 0 aliphatic carbocycles. The molecule has 1 aliphatic heterocycles. The Bertz CT molecular complexity index is 577. The third-order valence-corrected chi connectivity index (χ3v) is 4.23. The highest BCUT2D eigenvalue weighted by atomic mass is 35.5. The number of benzene rings is 1. The molecule has 1 aliphatic rings. The van der Waals surface area contributed by atoms with Crippen LogP contribution in [0.2, 0.25) is 10.0 Å². The van der Waals surface area contributed by atoms with Crippen LogP contribution in [0.25, 0.3) is 0 Å². The van der Waals surface area contributed by atoms with Gasteiger partial charge in [0.1, 0.15) is 0 Å². The van der Waals surface area contributed by atoms with Crippen molar-refractivity contribution >= 4 is 40.7 Å². The van der Waals surface area contributed by atoms with Crippen molar-refractivity contribution in [1.29, 1.82) is 0 Å². The molecule has 126 valence electrons. The molecule has 1 saturated heterocycles. The van der Waals surface area contributed by atoms with Gasteiger partial charge >= 0.3 is 0 Å². The summed E-state index contributed by atoms with van der Waals surface area (Å²) in [5.74, 6) is -0.171. The van der Waals surface area contributed by atoms with Gasteiger partial charge in [0.15, 0.2) is 0 Å². The number of carbonyl (C=O) groups is 2. The summed E-state index contributed by atoms with van der Waals surface area (Å²) in [6.45, 7) is 3.39. The van der Waals surface area contributed by atoms with E-state index in [1.165, 1.54) is 0 Å². The van der Waals surface area contributed by atoms with Gasteiger partial charge < -0.3 is 15.5 Å². The summed E-state index contributed by atoms with van der Waals surface area (Å²) < 4.78 is 0. The van der Waals surface area contributed by atoms with Gasteiger partial charge in [0.05, 0.1) is 23.1 Å². The molecule has 8 heteroatoms. The van der Waals surface area contributed by atoms with Crippen molar-refractivity contribution in [2.45, 2.75) is 0 Å². The number of hydrogen-bond donors (Lipinski definition) is 2. The van der Waals surface area contributed by atoms with E-state index in [9.17, 15) is 9.59 Å². The van der Waals surface area contributed by atoms with Crippen LogP contribution in [0.15, 0.2) is 18.2 Å². The summed E-state index contributed by atoms with van der Waals surface area (Å²) in [5.41, 5.74) is 0.575. The lowest BCUT2D eigenvalue weighted by atomic mass is 10.3. The number of likely N-dealkylation sites (N-methyl/N-ethyl adjacent to an activating group) is 1. The molecule has 0 unspecified atom stereocenters. The Kier molecular flexibility index (Phi) is 6.65. The molecule has 6 nitrogen and oxygen atoms in total. The van der Waals surface area contributed by atoms with Crippen LogP contribution in [0.5, 0.6) is 0 Å². The largest absolute Gasteiger partial charge is 0.339 e. The molecule has 0 atom stereocenters. The van der Waals surface area contributed by atoms with Crippen molar-refractivity contribution in [1.82, 2.24) is 15.1 Å². The zero-order valence-corrected chi connectivity index (χ0v) is 14.5. The summed E-state index contributed by atoms with van der Waals surface area (Å²) in [5, 5.41) is 6.75. The van der Waals surface area contributed by atoms with Gasteiger partial charge in [-0.15, -0.1) is 0 Å². The minimum absolute atomic E-state index is 0.0383. The van der Waals surface area contributed by atoms with E-state index in [4.69, 9.17) is 23.2 Å². The van der Waals surface area contributed by atoms with Gasteiger partial charge in [0.25, 0.3) is 0 Å². The Morgan fingerprint density at radius 2 is 1.91 bits per heavy atom. The number of piperazine rings is 1. The van der Waals surface area contributed by atoms with Crippen LogP contribution in [-0.4, -0.2) is 67.9 Å². The van der Waals surface area contributed by atoms with Gasteiger partial charge in [-0.3, -0.25) is 14.5 Å². The van der Waals surface area contributed by atoms with Crippen LogP contribution in [0, 0.1) is 0 Å². The molecular weight excluding hydrogens is 339 g/mol. The summed E-state index contributed by atoms with van der Waals surface area (Å²) in [4.78, 5) is 27.6. The van der Waals surface area contributed by atoms with E-state index in [-0.39, 0.29) is 24.9 Å². The van der Waals surface area contributed by atoms with Gasteiger partial charge in [-0.2, -0.15) is 0 Å². The quantitative estimate of drug-likeness (QED) is 0.832. The molecule has 2 rings (SSSR count). The third-order valence-electron chi connectivity index (χ3n) is 3.49. The SMILES string of the molecule is CN(CC(=O)Nc1ccc(Cl)c(Cl)c1)CC(=O)N1CCNCC1. The molecule has 0 saturated carbocycles. The number of nitrogens with zero attached hydrogens (tertiary/aromatic N) is 2. The van der Waals surface area contributed by atoms with Gasteiger partial charge in [-0.25, -0.2) is 0 Å². The lowest BCUT2D eigenvalue weighted by Crippen LogP contribution is -2.49. The Hall–Kier alpha value is -1.34. The molecule has 2 amide bonds. The fourth-order valence-corrected chi connectivity index (χ4v) is 2.62. The minimum atomic E-state index is -0.209. The van der Waals surface area contributed by atoms with Crippen molar-refractivity contribution in [3.63, 3.8) is 0 Å². The second kappa shape index (κ2) is 8.49. The minimum Gasteiger partial charge on any atom is -0.339 e. The highest BCUT2D eigenvalue weighted by Crippen LogP contribution is 2.24. The standard InChI is InChI=1S/C15H20Cl2N4O2/c1-20(10-15(23)21-6-4-18-5-7-21)9-14(22)19-11-2-3-12(16)13(17)8-11/h2-3,8,18H,4-7,9-10H2,1H3,(H,19,22). The van der Waals surface area contributed by atoms with Crippen LogP contribution in [0.4, 0.5) is 5.69 Å². The van der Waals surface area contributed by atoms with Crippen molar-refractivity contribution in [3.05, 3.63) is 28.2 Å². The number of anilines is 1. The lowest BCUT2D eigenvalue weighted by Gasteiger charge is -2.29. The van der Waals surface area contributed by atoms with E-state index in [1.54, 1.807) is 30.1 Å². The first-order chi connectivity index (χ1) is 11.0. The first-order valence-electron chi connectivity index (χ1n) is 7.37. The second-order valence-electron chi connectivity index (χ2n) is 5.48. The van der Waals surface area contributed by atoms with Crippen molar-refractivity contribution in [2.24, 2.45) is 0 Å². The van der Waals surface area contributed by atoms with Gasteiger partial charge in [-0.05, 0) is 25.2 Å². The fraction of sp³-hybridized carbons (Fsp3) is 0.467. The van der Waals surface area contributed by atoms with E-state index in [0.717, 1.165) is 13.1 Å². The Labute approximate surface area is 145 Å². The molecule has 23 heavy (non-hydrogen) atoms. The van der Waals surface area contributed by atoms with E-state index >= 15 is 0 Å². The van der Waals surface area contributed by atoms with E-state index < -0.39 is 0 Å². The van der Waals surface area contributed by atoms with E-state index in [1.807, 2.05) is 4.90 Å². The van der Waals surface area contributed by atoms with Crippen LogP contribution in [-0.2, 0) is 9.59 Å². The number of amides is 2. The predicted molar refractivity (Wildman–Crippen MR) is 92.0 cm³/mol. The fourth-order valence-electron chi connectivity index (χ4n) is 2.32. The maximum absolute atomic E-state index is 12.1. The predicted octanol–water partition coefficient (Wildman–Crippen LogP) is 1.30. The molecular formula is C15H20Cl2N4O2. The average Bonchev–Trinajstić information content (AvgIpc) is 2.51. The smallest absolute Gasteiger partial charge is 0.238 e. The molecule has 1 aromatic rings. The molecule has 1 heterocycles. The van der Waals surface area contributed by atoms with Crippen LogP contribution < -0.4 is 10.6 Å². The van der Waals surface area contributed by atoms with E-state index in [2.05, 4.69) is 10.6 Å². The summed E-state index contributed by atoms with van der Waals surface area (Å²) in [7, 11) is 1.74. The summed E-state index contributed by atoms with van der Waals surface area (Å²) >= 11 is 11.7.